The predicted octanol–water partition coefficient (Wildman–Crippen LogP) is 3.06. The normalized spacial score (nSPS) is 24.5. The summed E-state index contributed by atoms with van der Waals surface area (Å²) in [5, 5.41) is 17.1. The van der Waals surface area contributed by atoms with Gasteiger partial charge in [0.2, 0.25) is 41.9 Å². The van der Waals surface area contributed by atoms with E-state index in [4.69, 9.17) is 4.74 Å². The van der Waals surface area contributed by atoms with E-state index in [1.165, 1.54) is 9.80 Å². The van der Waals surface area contributed by atoms with Crippen molar-refractivity contribution in [2.75, 3.05) is 54.0 Å². The maximum Gasteiger partial charge on any atom is 0.246 e. The Labute approximate surface area is 410 Å². The first-order valence-electron chi connectivity index (χ1n) is 25.1. The van der Waals surface area contributed by atoms with Crippen LogP contribution in [0.4, 0.5) is 0 Å². The molecule has 2 saturated heterocycles. The maximum absolute atomic E-state index is 14.8. The van der Waals surface area contributed by atoms with E-state index in [1.807, 2.05) is 67.8 Å². The Kier molecular flexibility index (Phi) is 17.7. The minimum absolute atomic E-state index is 0.105. The second kappa shape index (κ2) is 24.0. The smallest absolute Gasteiger partial charge is 0.246 e. The number of nitrogens with one attached hydrogen (secondary N) is 7. The molecule has 4 fully saturated rings. The van der Waals surface area contributed by atoms with Crippen molar-refractivity contribution in [3.05, 3.63) is 72.1 Å². The number of benzene rings is 2. The number of fused-ring (bicyclic) bond motifs is 5. The zero-order chi connectivity index (χ0) is 49.8. The summed E-state index contributed by atoms with van der Waals surface area (Å²) in [6.45, 7) is 3.60. The zero-order valence-electron chi connectivity index (χ0n) is 41.2. The molecule has 0 radical (unpaired) electrons. The van der Waals surface area contributed by atoms with Crippen molar-refractivity contribution in [1.82, 2.24) is 51.3 Å². The minimum atomic E-state index is -1.37. The average molecular weight is 965 g/mol. The van der Waals surface area contributed by atoms with Crippen LogP contribution in [0.25, 0.3) is 21.8 Å². The molecule has 2 aromatic heterocycles. The molecule has 6 atom stereocenters. The van der Waals surface area contributed by atoms with Gasteiger partial charge < -0.3 is 56.0 Å². The molecule has 2 saturated carbocycles. The number of H-pyrrole nitrogens is 2. The van der Waals surface area contributed by atoms with E-state index >= 15 is 0 Å². The first kappa shape index (κ1) is 51.6. The monoisotopic (exact) mass is 965 g/mol. The largest absolute Gasteiger partial charge is 0.383 e. The molecule has 18 nitrogen and oxygen atoms in total. The molecule has 7 amide bonds. The molecule has 4 heterocycles. The third-order valence-corrected chi connectivity index (χ3v) is 14.6. The average Bonchev–Trinajstić information content (AvgIpc) is 4.19. The van der Waals surface area contributed by atoms with Gasteiger partial charge in [-0.3, -0.25) is 33.6 Å². The van der Waals surface area contributed by atoms with Crippen LogP contribution in [0.2, 0.25) is 0 Å². The topological polar surface area (TPSA) is 230 Å². The van der Waals surface area contributed by atoms with Gasteiger partial charge in [0.25, 0.3) is 0 Å². The zero-order valence-corrected chi connectivity index (χ0v) is 41.2. The molecule has 18 heteroatoms. The lowest BCUT2D eigenvalue weighted by Gasteiger charge is -2.37. The van der Waals surface area contributed by atoms with E-state index < -0.39 is 59.2 Å². The molecule has 2 aromatic carbocycles. The Morgan fingerprint density at radius 3 is 2.03 bits per heavy atom. The van der Waals surface area contributed by atoms with Gasteiger partial charge in [0.1, 0.15) is 29.7 Å². The highest BCUT2D eigenvalue weighted by atomic mass is 16.5. The van der Waals surface area contributed by atoms with E-state index in [1.54, 1.807) is 26.1 Å². The van der Waals surface area contributed by atoms with Crippen LogP contribution in [-0.4, -0.2) is 156 Å². The van der Waals surface area contributed by atoms with Crippen molar-refractivity contribution in [3.8, 4) is 0 Å². The Bertz CT molecular complexity index is 2460. The number of aromatic nitrogens is 2. The van der Waals surface area contributed by atoms with Crippen molar-refractivity contribution >= 4 is 63.7 Å². The summed E-state index contributed by atoms with van der Waals surface area (Å²) in [5.74, 6) is -2.60. The van der Waals surface area contributed by atoms with Crippen LogP contribution < -0.4 is 26.6 Å². The molecule has 2 aliphatic heterocycles. The number of ether oxygens (including phenoxy) is 1. The third kappa shape index (κ3) is 12.0. The van der Waals surface area contributed by atoms with Gasteiger partial charge in [0, 0.05) is 80.3 Å². The predicted molar refractivity (Wildman–Crippen MR) is 266 cm³/mol. The lowest BCUT2D eigenvalue weighted by molar-refractivity contribution is -0.147. The van der Waals surface area contributed by atoms with Gasteiger partial charge in [-0.15, -0.1) is 0 Å². The number of aromatic amines is 2. The summed E-state index contributed by atoms with van der Waals surface area (Å²) in [5.41, 5.74) is 2.01. The highest BCUT2D eigenvalue weighted by Gasteiger charge is 2.50. The number of carbonyl (C=O) groups is 7. The van der Waals surface area contributed by atoms with Gasteiger partial charge in [-0.2, -0.15) is 0 Å². The molecule has 4 aromatic rings. The number of carbonyl (C=O) groups excluding carboxylic acids is 7. The standard InChI is InChI=1S/C47H61N9O6.C5H11NO2/c1-3-22-55-28-41(57)56-39-17-9-4-12-29(39)25-40(56)44(60)52-38(24-31-27-50-35-16-8-6-14-33(31)35)43(59)54-47(19-10-11-20-47)46(62)53-37(42(58)51-36(45(55)61)18-21-48-2)23-30-26-49-34-15-7-5-13-32(30)34;1-6(5-7)3-4-8-2/h5-8,13-16,26-27,29,36-40,48-50H,3-4,9-12,17-25,28H2,1-2H3,(H,51,58)(H,52,60)(H,53,62)(H,54,59);5H,3-4H2,1-2H3/t29?,36-,37-,38-,39-,40-;/m0./s1. The Morgan fingerprint density at radius 1 is 0.800 bits per heavy atom. The van der Waals surface area contributed by atoms with Crippen molar-refractivity contribution in [2.45, 2.75) is 126 Å². The summed E-state index contributed by atoms with van der Waals surface area (Å²) >= 11 is 0. The molecule has 70 heavy (non-hydrogen) atoms. The van der Waals surface area contributed by atoms with Gasteiger partial charge in [-0.25, -0.2) is 0 Å². The van der Waals surface area contributed by atoms with Gasteiger partial charge in [-0.1, -0.05) is 69.0 Å². The van der Waals surface area contributed by atoms with Gasteiger partial charge in [-0.05, 0) is 87.7 Å². The van der Waals surface area contributed by atoms with Crippen LogP contribution in [0.5, 0.6) is 0 Å². The number of likely N-dealkylation sites (N-methyl/N-ethyl adjacent to an activating group) is 1. The first-order valence-corrected chi connectivity index (χ1v) is 25.1. The summed E-state index contributed by atoms with van der Waals surface area (Å²) in [4.78, 5) is 110. The van der Waals surface area contributed by atoms with Crippen LogP contribution in [-0.2, 0) is 51.1 Å². The molecule has 378 valence electrons. The van der Waals surface area contributed by atoms with Crippen LogP contribution in [0.15, 0.2) is 60.9 Å². The molecule has 1 unspecified atom stereocenters. The molecule has 8 rings (SSSR count). The van der Waals surface area contributed by atoms with Gasteiger partial charge in [0.05, 0.1) is 13.2 Å². The fourth-order valence-corrected chi connectivity index (χ4v) is 10.9. The molecular weight excluding hydrogens is 893 g/mol. The number of hydrogen-bond donors (Lipinski definition) is 7. The molecular formula is C52H72N10O8. The van der Waals surface area contributed by atoms with Crippen LogP contribution in [0.1, 0.15) is 88.7 Å². The quantitative estimate of drug-likeness (QED) is 0.0976. The lowest BCUT2D eigenvalue weighted by Crippen LogP contribution is -2.65. The van der Waals surface area contributed by atoms with Crippen molar-refractivity contribution in [3.63, 3.8) is 0 Å². The Morgan fingerprint density at radius 2 is 1.41 bits per heavy atom. The fourth-order valence-electron chi connectivity index (χ4n) is 10.9. The number of hydrogen-bond acceptors (Lipinski definition) is 9. The fraction of sp³-hybridized carbons (Fsp3) is 0.558. The number of methoxy groups -OCH3 is 1. The second-order valence-corrected chi connectivity index (χ2v) is 19.4. The number of amides is 7. The van der Waals surface area contributed by atoms with Crippen molar-refractivity contribution < 1.29 is 38.3 Å². The third-order valence-electron chi connectivity index (χ3n) is 14.6. The molecule has 7 N–H and O–H groups in total. The second-order valence-electron chi connectivity index (χ2n) is 19.4. The summed E-state index contributed by atoms with van der Waals surface area (Å²) < 4.78 is 4.71. The molecule has 2 aliphatic carbocycles. The van der Waals surface area contributed by atoms with E-state index in [0.717, 1.165) is 65.0 Å². The minimum Gasteiger partial charge on any atom is -0.383 e. The summed E-state index contributed by atoms with van der Waals surface area (Å²) in [6, 6.07) is 11.2. The van der Waals surface area contributed by atoms with Crippen molar-refractivity contribution in [2.24, 2.45) is 5.92 Å². The van der Waals surface area contributed by atoms with Crippen molar-refractivity contribution in [1.29, 1.82) is 0 Å². The molecule has 1 spiro atoms. The number of rotatable bonds is 13. The highest BCUT2D eigenvalue weighted by molar-refractivity contribution is 6.00. The van der Waals surface area contributed by atoms with Crippen LogP contribution in [0.3, 0.4) is 0 Å². The van der Waals surface area contributed by atoms with E-state index in [0.29, 0.717) is 58.2 Å². The van der Waals surface area contributed by atoms with Crippen LogP contribution >= 0.6 is 0 Å². The summed E-state index contributed by atoms with van der Waals surface area (Å²) in [6.07, 6.45) is 11.5. The Balaban J connectivity index is 0.000000830. The first-order chi connectivity index (χ1) is 33.9. The SMILES string of the molecule is CCCN1CC(=O)N2[C@@H](CC3CCCC[C@@H]32)C(=O)N[C@@H](Cc2c[nH]c3ccccc23)C(=O)NC2(CCCC2)C(=O)N[C@@H](Cc2c[nH]c3ccccc23)C(=O)N[C@@H](CCNC)C1=O.COCCN(C)C=O. The Hall–Kier alpha value is -6.27. The highest BCUT2D eigenvalue weighted by Crippen LogP contribution is 2.40. The van der Waals surface area contributed by atoms with Crippen LogP contribution in [0, 0.1) is 5.92 Å². The van der Waals surface area contributed by atoms with Gasteiger partial charge in [0.15, 0.2) is 0 Å². The van der Waals surface area contributed by atoms with E-state index in [9.17, 15) is 33.6 Å². The van der Waals surface area contributed by atoms with Gasteiger partial charge >= 0.3 is 0 Å². The van der Waals surface area contributed by atoms with E-state index in [2.05, 4.69) is 36.6 Å². The summed E-state index contributed by atoms with van der Waals surface area (Å²) in [7, 11) is 5.09. The lowest BCUT2D eigenvalue weighted by atomic mass is 9.84. The molecule has 0 bridgehead atoms. The van der Waals surface area contributed by atoms with E-state index in [-0.39, 0.29) is 50.2 Å². The number of para-hydroxylation sites is 2. The number of nitrogens with zero attached hydrogens (tertiary/aromatic N) is 3. The molecule has 4 aliphatic rings. The maximum atomic E-state index is 14.8.